The summed E-state index contributed by atoms with van der Waals surface area (Å²) in [6.45, 7) is 1.53. The zero-order chi connectivity index (χ0) is 14.5. The van der Waals surface area contributed by atoms with Crippen molar-refractivity contribution in [3.05, 3.63) is 0 Å². The van der Waals surface area contributed by atoms with E-state index in [1.807, 2.05) is 12.2 Å². The first-order valence-corrected chi connectivity index (χ1v) is 6.27. The molecule has 2 atom stereocenters. The summed E-state index contributed by atoms with van der Waals surface area (Å²) < 4.78 is 35.5. The fourth-order valence-electron chi connectivity index (χ4n) is 2.12. The molecule has 1 aliphatic heterocycles. The zero-order valence-electron chi connectivity index (χ0n) is 10.8. The molecule has 3 N–H and O–H groups in total. The molecule has 3 amide bonds. The Hall–Kier alpha value is -1.31. The second kappa shape index (κ2) is 6.74. The first kappa shape index (κ1) is 15.7. The van der Waals surface area contributed by atoms with Gasteiger partial charge in [-0.2, -0.15) is 13.2 Å². The molecule has 110 valence electrons. The van der Waals surface area contributed by atoms with Crippen LogP contribution in [0, 0.1) is 0 Å². The van der Waals surface area contributed by atoms with E-state index in [1.54, 1.807) is 5.32 Å². The molecule has 0 aromatic carbocycles. The van der Waals surface area contributed by atoms with E-state index in [4.69, 9.17) is 0 Å². The number of quaternary nitrogens is 1. The molecule has 1 saturated heterocycles. The van der Waals surface area contributed by atoms with E-state index in [0.29, 0.717) is 6.04 Å². The van der Waals surface area contributed by atoms with Crippen LogP contribution in [0.3, 0.4) is 0 Å². The average molecular weight is 282 g/mol. The first-order valence-electron chi connectivity index (χ1n) is 6.27. The molecule has 0 spiro atoms. The van der Waals surface area contributed by atoms with Crippen LogP contribution >= 0.6 is 0 Å². The van der Waals surface area contributed by atoms with Crippen molar-refractivity contribution in [3.63, 3.8) is 0 Å². The van der Waals surface area contributed by atoms with E-state index < -0.39 is 24.7 Å². The van der Waals surface area contributed by atoms with Crippen LogP contribution in [-0.2, 0) is 4.79 Å². The highest BCUT2D eigenvalue weighted by Crippen LogP contribution is 2.11. The monoisotopic (exact) mass is 282 g/mol. The molecule has 1 unspecified atom stereocenters. The van der Waals surface area contributed by atoms with Crippen molar-refractivity contribution in [3.8, 4) is 0 Å². The summed E-state index contributed by atoms with van der Waals surface area (Å²) >= 11 is 0. The van der Waals surface area contributed by atoms with Gasteiger partial charge in [0, 0.05) is 0 Å². The number of alkyl halides is 3. The van der Waals surface area contributed by atoms with E-state index >= 15 is 0 Å². The van der Waals surface area contributed by atoms with Crippen molar-refractivity contribution in [1.29, 1.82) is 0 Å². The Labute approximate surface area is 109 Å². The van der Waals surface area contributed by atoms with Crippen LogP contribution in [0.1, 0.15) is 26.2 Å². The molecule has 0 bridgehead atoms. The lowest BCUT2D eigenvalue weighted by Crippen LogP contribution is -3.17. The van der Waals surface area contributed by atoms with E-state index in [0.717, 1.165) is 30.7 Å². The molecule has 19 heavy (non-hydrogen) atoms. The molecular weight excluding hydrogens is 263 g/mol. The molecule has 0 aromatic heterocycles. The molecule has 5 nitrogen and oxygen atoms in total. The Balaban J connectivity index is 2.28. The molecule has 0 aliphatic carbocycles. The van der Waals surface area contributed by atoms with E-state index in [2.05, 4.69) is 0 Å². The third-order valence-electron chi connectivity index (χ3n) is 3.17. The number of hydrogen-bond acceptors (Lipinski definition) is 2. The molecule has 1 fully saturated rings. The van der Waals surface area contributed by atoms with Gasteiger partial charge in [0.2, 0.25) is 0 Å². The zero-order valence-corrected chi connectivity index (χ0v) is 10.8. The fourth-order valence-corrected chi connectivity index (χ4v) is 2.12. The van der Waals surface area contributed by atoms with Gasteiger partial charge < -0.3 is 10.2 Å². The summed E-state index contributed by atoms with van der Waals surface area (Å²) in [5, 5.41) is 3.51. The van der Waals surface area contributed by atoms with Gasteiger partial charge in [0.1, 0.15) is 6.54 Å². The highest BCUT2D eigenvalue weighted by atomic mass is 19.4. The summed E-state index contributed by atoms with van der Waals surface area (Å²) in [5.74, 6) is -0.552. The maximum absolute atomic E-state index is 11.8. The highest BCUT2D eigenvalue weighted by molar-refractivity contribution is 5.94. The number of rotatable bonds is 3. The number of carbonyl (C=O) groups is 2. The summed E-state index contributed by atoms with van der Waals surface area (Å²) in [4.78, 5) is 23.7. The number of imide groups is 1. The van der Waals surface area contributed by atoms with Gasteiger partial charge in [-0.3, -0.25) is 10.1 Å². The number of likely N-dealkylation sites (tertiary alicyclic amines) is 1. The van der Waals surface area contributed by atoms with Crippen LogP contribution < -0.4 is 15.5 Å². The van der Waals surface area contributed by atoms with Crippen LogP contribution in [0.2, 0.25) is 0 Å². The van der Waals surface area contributed by atoms with Gasteiger partial charge in [-0.15, -0.1) is 0 Å². The summed E-state index contributed by atoms with van der Waals surface area (Å²) in [6.07, 6.45) is -1.32. The van der Waals surface area contributed by atoms with Gasteiger partial charge in [0.25, 0.3) is 5.91 Å². The van der Waals surface area contributed by atoms with Gasteiger partial charge in [-0.05, 0) is 26.2 Å². The number of halogens is 3. The topological polar surface area (TPSA) is 62.6 Å². The normalized spacial score (nSPS) is 23.8. The summed E-state index contributed by atoms with van der Waals surface area (Å²) in [7, 11) is 0. The predicted octanol–water partition coefficient (Wildman–Crippen LogP) is -0.168. The minimum atomic E-state index is -4.48. The van der Waals surface area contributed by atoms with E-state index in [-0.39, 0.29) is 6.54 Å². The average Bonchev–Trinajstić information content (AvgIpc) is 2.29. The fraction of sp³-hybridized carbons (Fsp3) is 0.818. The largest absolute Gasteiger partial charge is 0.405 e. The highest BCUT2D eigenvalue weighted by Gasteiger charge is 2.29. The van der Waals surface area contributed by atoms with E-state index in [1.165, 1.54) is 0 Å². The Bertz CT molecular complexity index is 334. The van der Waals surface area contributed by atoms with Crippen molar-refractivity contribution in [2.45, 2.75) is 38.4 Å². The van der Waals surface area contributed by atoms with Crippen LogP contribution in [0.25, 0.3) is 0 Å². The molecule has 0 radical (unpaired) electrons. The molecule has 1 aliphatic rings. The third kappa shape index (κ3) is 6.42. The number of amides is 3. The lowest BCUT2D eigenvalue weighted by Gasteiger charge is -2.29. The first-order chi connectivity index (χ1) is 8.78. The smallest absolute Gasteiger partial charge is 0.329 e. The van der Waals surface area contributed by atoms with Gasteiger partial charge in [0.15, 0.2) is 6.54 Å². The van der Waals surface area contributed by atoms with Crippen molar-refractivity contribution >= 4 is 11.9 Å². The van der Waals surface area contributed by atoms with Gasteiger partial charge in [0.05, 0.1) is 12.6 Å². The lowest BCUT2D eigenvalue weighted by atomic mass is 10.0. The number of hydrogen-bond donors (Lipinski definition) is 3. The minimum Gasteiger partial charge on any atom is -0.329 e. The van der Waals surface area contributed by atoms with Gasteiger partial charge >= 0.3 is 12.2 Å². The third-order valence-corrected chi connectivity index (χ3v) is 3.17. The summed E-state index contributed by atoms with van der Waals surface area (Å²) in [5.41, 5.74) is 0. The molecule has 0 saturated carbocycles. The van der Waals surface area contributed by atoms with Crippen LogP contribution in [0.15, 0.2) is 0 Å². The maximum Gasteiger partial charge on any atom is 0.405 e. The molecule has 8 heteroatoms. The Morgan fingerprint density at radius 2 is 2.00 bits per heavy atom. The van der Waals surface area contributed by atoms with Crippen molar-refractivity contribution < 1.29 is 27.7 Å². The molecule has 0 aromatic rings. The van der Waals surface area contributed by atoms with Crippen LogP contribution in [-0.4, -0.2) is 43.8 Å². The number of nitrogens with one attached hydrogen (secondary N) is 3. The molecular formula is C11H19F3N3O2+. The standard InChI is InChI=1S/C11H18F3N3O2/c1-8-4-2-3-5-17(8)6-9(18)16-10(19)15-7-11(12,13)14/h8H,2-7H2,1H3,(H2,15,16,18,19)/p+1/t8-/m1/s1. The van der Waals surface area contributed by atoms with E-state index in [9.17, 15) is 22.8 Å². The SMILES string of the molecule is C[C@@H]1CCCC[NH+]1CC(=O)NC(=O)NCC(F)(F)F. The minimum absolute atomic E-state index is 0.112. The number of piperidine rings is 1. The van der Waals surface area contributed by atoms with Crippen molar-refractivity contribution in [1.82, 2.24) is 10.6 Å². The second-order valence-corrected chi connectivity index (χ2v) is 4.83. The quantitative estimate of drug-likeness (QED) is 0.673. The van der Waals surface area contributed by atoms with Crippen LogP contribution in [0.5, 0.6) is 0 Å². The number of urea groups is 1. The van der Waals surface area contributed by atoms with Crippen molar-refractivity contribution in [2.75, 3.05) is 19.6 Å². The predicted molar refractivity (Wildman–Crippen MR) is 61.6 cm³/mol. The Morgan fingerprint density at radius 1 is 1.32 bits per heavy atom. The lowest BCUT2D eigenvalue weighted by molar-refractivity contribution is -0.920. The summed E-state index contributed by atoms with van der Waals surface area (Å²) in [6, 6.07) is -0.774. The molecule has 1 rings (SSSR count). The second-order valence-electron chi connectivity index (χ2n) is 4.83. The van der Waals surface area contributed by atoms with Crippen molar-refractivity contribution in [2.24, 2.45) is 0 Å². The Morgan fingerprint density at radius 3 is 2.58 bits per heavy atom. The Kier molecular flexibility index (Phi) is 5.59. The van der Waals surface area contributed by atoms with Crippen LogP contribution in [0.4, 0.5) is 18.0 Å². The van der Waals surface area contributed by atoms with Gasteiger partial charge in [-0.1, -0.05) is 0 Å². The maximum atomic E-state index is 11.8. The van der Waals surface area contributed by atoms with Gasteiger partial charge in [-0.25, -0.2) is 4.79 Å². The molecule has 1 heterocycles. The number of carbonyl (C=O) groups excluding carboxylic acids is 2.